The van der Waals surface area contributed by atoms with Gasteiger partial charge in [0.25, 0.3) is 10.2 Å². The lowest BCUT2D eigenvalue weighted by Crippen LogP contribution is -2.57. The first kappa shape index (κ1) is 16.9. The molecule has 0 bridgehead atoms. The second-order valence-electron chi connectivity index (χ2n) is 5.90. The summed E-state index contributed by atoms with van der Waals surface area (Å²) in [6.45, 7) is 3.51. The van der Waals surface area contributed by atoms with Crippen molar-refractivity contribution in [3.63, 3.8) is 0 Å². The molecular formula is C14H26N2O4S. The lowest BCUT2D eigenvalue weighted by molar-refractivity contribution is -0.128. The number of nitrogens with zero attached hydrogens (tertiary/aromatic N) is 2. The Labute approximate surface area is 127 Å². The molecule has 122 valence electrons. The largest absolute Gasteiger partial charge is 0.378 e. The molecule has 21 heavy (non-hydrogen) atoms. The molecule has 1 saturated carbocycles. The molecule has 7 heteroatoms. The lowest BCUT2D eigenvalue weighted by Gasteiger charge is -2.41. The zero-order valence-electron chi connectivity index (χ0n) is 13.0. The Morgan fingerprint density at radius 1 is 1.38 bits per heavy atom. The van der Waals surface area contributed by atoms with Gasteiger partial charge in [0.2, 0.25) is 0 Å². The van der Waals surface area contributed by atoms with Gasteiger partial charge in [-0.05, 0) is 19.3 Å². The number of Topliss-reactive ketones (excluding diaryl/α,β-unsaturated/α-hetero) is 1. The number of ketones is 1. The SMILES string of the molecule is CCCN(C)S(=O)(=O)N1CCOC[C@@H]1[C@@H]1CCCCC1=O. The van der Waals surface area contributed by atoms with Gasteiger partial charge in [-0.1, -0.05) is 13.3 Å². The van der Waals surface area contributed by atoms with Crippen LogP contribution < -0.4 is 0 Å². The van der Waals surface area contributed by atoms with Gasteiger partial charge in [-0.2, -0.15) is 17.0 Å². The minimum atomic E-state index is -3.51. The topological polar surface area (TPSA) is 66.9 Å². The summed E-state index contributed by atoms with van der Waals surface area (Å²) < 4.78 is 33.8. The predicted octanol–water partition coefficient (Wildman–Crippen LogP) is 1.03. The van der Waals surface area contributed by atoms with E-state index in [-0.39, 0.29) is 17.7 Å². The number of morpholine rings is 1. The van der Waals surface area contributed by atoms with Crippen LogP contribution in [0.25, 0.3) is 0 Å². The molecule has 2 rings (SSSR count). The molecule has 6 nitrogen and oxygen atoms in total. The molecule has 1 heterocycles. The molecule has 1 aliphatic carbocycles. The van der Waals surface area contributed by atoms with E-state index in [2.05, 4.69) is 0 Å². The van der Waals surface area contributed by atoms with Crippen LogP contribution in [-0.2, 0) is 19.7 Å². The number of ether oxygens (including phenoxy) is 1. The molecular weight excluding hydrogens is 292 g/mol. The van der Waals surface area contributed by atoms with Crippen LogP contribution >= 0.6 is 0 Å². The Kier molecular flexibility index (Phi) is 5.76. The highest BCUT2D eigenvalue weighted by molar-refractivity contribution is 7.86. The first-order valence-corrected chi connectivity index (χ1v) is 9.21. The maximum absolute atomic E-state index is 12.7. The number of hydrogen-bond acceptors (Lipinski definition) is 4. The second kappa shape index (κ2) is 7.17. The first-order chi connectivity index (χ1) is 9.98. The van der Waals surface area contributed by atoms with Crippen LogP contribution in [0.4, 0.5) is 0 Å². The number of carbonyl (C=O) groups is 1. The number of carbonyl (C=O) groups excluding carboxylic acids is 1. The summed E-state index contributed by atoms with van der Waals surface area (Å²) >= 11 is 0. The highest BCUT2D eigenvalue weighted by Crippen LogP contribution is 2.30. The van der Waals surface area contributed by atoms with Crippen molar-refractivity contribution >= 4 is 16.0 Å². The summed E-state index contributed by atoms with van der Waals surface area (Å²) in [7, 11) is -1.91. The summed E-state index contributed by atoms with van der Waals surface area (Å²) in [5.41, 5.74) is 0. The normalized spacial score (nSPS) is 29.0. The molecule has 2 atom stereocenters. The molecule has 0 spiro atoms. The van der Waals surface area contributed by atoms with Gasteiger partial charge in [-0.15, -0.1) is 0 Å². The second-order valence-corrected chi connectivity index (χ2v) is 7.89. The molecule has 0 N–H and O–H groups in total. The van der Waals surface area contributed by atoms with E-state index >= 15 is 0 Å². The molecule has 1 saturated heterocycles. The van der Waals surface area contributed by atoms with E-state index in [9.17, 15) is 13.2 Å². The van der Waals surface area contributed by atoms with Crippen molar-refractivity contribution in [1.29, 1.82) is 0 Å². The summed E-state index contributed by atoms with van der Waals surface area (Å²) in [4.78, 5) is 12.2. The Hall–Kier alpha value is -0.500. The van der Waals surface area contributed by atoms with Gasteiger partial charge >= 0.3 is 0 Å². The van der Waals surface area contributed by atoms with E-state index in [1.165, 1.54) is 8.61 Å². The van der Waals surface area contributed by atoms with Crippen LogP contribution in [0, 0.1) is 5.92 Å². The van der Waals surface area contributed by atoms with E-state index < -0.39 is 10.2 Å². The highest BCUT2D eigenvalue weighted by atomic mass is 32.2. The number of rotatable bonds is 5. The van der Waals surface area contributed by atoms with Gasteiger partial charge < -0.3 is 4.74 Å². The molecule has 0 radical (unpaired) electrons. The maximum Gasteiger partial charge on any atom is 0.282 e. The standard InChI is InChI=1S/C14H26N2O4S/c1-3-8-15(2)21(18,19)16-9-10-20-11-13(16)12-6-4-5-7-14(12)17/h12-13H,3-11H2,1-2H3/t12-,13+/m0/s1. The molecule has 2 fully saturated rings. The van der Waals surface area contributed by atoms with Crippen LogP contribution in [-0.4, -0.2) is 62.2 Å². The van der Waals surface area contributed by atoms with Gasteiger partial charge in [0.05, 0.1) is 19.3 Å². The third-order valence-corrected chi connectivity index (χ3v) is 6.43. The van der Waals surface area contributed by atoms with Crippen molar-refractivity contribution < 1.29 is 17.9 Å². The minimum absolute atomic E-state index is 0.190. The molecule has 0 unspecified atom stereocenters. The zero-order chi connectivity index (χ0) is 15.5. The van der Waals surface area contributed by atoms with Crippen molar-refractivity contribution in [1.82, 2.24) is 8.61 Å². The molecule has 1 aliphatic heterocycles. The van der Waals surface area contributed by atoms with Crippen LogP contribution in [0.5, 0.6) is 0 Å². The van der Waals surface area contributed by atoms with Gasteiger partial charge in [0, 0.05) is 32.5 Å². The van der Waals surface area contributed by atoms with Gasteiger partial charge in [-0.25, -0.2) is 0 Å². The monoisotopic (exact) mass is 318 g/mol. The minimum Gasteiger partial charge on any atom is -0.378 e. The fourth-order valence-electron chi connectivity index (χ4n) is 3.24. The van der Waals surface area contributed by atoms with Crippen LogP contribution in [0.3, 0.4) is 0 Å². The fraction of sp³-hybridized carbons (Fsp3) is 0.929. The van der Waals surface area contributed by atoms with Gasteiger partial charge in [0.1, 0.15) is 5.78 Å². The predicted molar refractivity (Wildman–Crippen MR) is 80.1 cm³/mol. The number of hydrogen-bond donors (Lipinski definition) is 0. The fourth-order valence-corrected chi connectivity index (χ4v) is 4.86. The lowest BCUT2D eigenvalue weighted by atomic mass is 9.82. The van der Waals surface area contributed by atoms with Crippen LogP contribution in [0.2, 0.25) is 0 Å². The average Bonchev–Trinajstić information content (AvgIpc) is 2.48. The van der Waals surface area contributed by atoms with Crippen LogP contribution in [0.1, 0.15) is 39.0 Å². The van der Waals surface area contributed by atoms with Crippen molar-refractivity contribution in [3.05, 3.63) is 0 Å². The maximum atomic E-state index is 12.7. The molecule has 0 amide bonds. The molecule has 0 aromatic heterocycles. The highest BCUT2D eigenvalue weighted by Gasteiger charge is 2.42. The van der Waals surface area contributed by atoms with E-state index in [1.807, 2.05) is 6.92 Å². The summed E-state index contributed by atoms with van der Waals surface area (Å²) in [6.07, 6.45) is 4.03. The van der Waals surface area contributed by atoms with Crippen molar-refractivity contribution in [2.45, 2.75) is 45.1 Å². The van der Waals surface area contributed by atoms with Gasteiger partial charge in [0.15, 0.2) is 0 Å². The van der Waals surface area contributed by atoms with E-state index in [0.29, 0.717) is 32.7 Å². The van der Waals surface area contributed by atoms with Crippen LogP contribution in [0.15, 0.2) is 0 Å². The van der Waals surface area contributed by atoms with Gasteiger partial charge in [-0.3, -0.25) is 4.79 Å². The van der Waals surface area contributed by atoms with E-state index in [4.69, 9.17) is 4.74 Å². The molecule has 0 aromatic carbocycles. The third-order valence-electron chi connectivity index (χ3n) is 4.41. The molecule has 2 aliphatic rings. The van der Waals surface area contributed by atoms with E-state index in [0.717, 1.165) is 25.7 Å². The average molecular weight is 318 g/mol. The summed E-state index contributed by atoms with van der Waals surface area (Å²) in [5.74, 6) is -0.0149. The van der Waals surface area contributed by atoms with Crippen molar-refractivity contribution in [2.24, 2.45) is 5.92 Å². The smallest absolute Gasteiger partial charge is 0.282 e. The summed E-state index contributed by atoms with van der Waals surface area (Å²) in [5, 5.41) is 0. The quantitative estimate of drug-likeness (QED) is 0.759. The first-order valence-electron chi connectivity index (χ1n) is 7.82. The Morgan fingerprint density at radius 3 is 2.81 bits per heavy atom. The third kappa shape index (κ3) is 3.64. The van der Waals surface area contributed by atoms with Crippen molar-refractivity contribution in [2.75, 3.05) is 33.4 Å². The summed E-state index contributed by atoms with van der Waals surface area (Å²) in [6, 6.07) is -0.337. The Bertz CT molecular complexity index is 466. The Balaban J connectivity index is 2.20. The molecule has 0 aromatic rings. The van der Waals surface area contributed by atoms with E-state index in [1.54, 1.807) is 7.05 Å². The van der Waals surface area contributed by atoms with Crippen molar-refractivity contribution in [3.8, 4) is 0 Å². The Morgan fingerprint density at radius 2 is 2.14 bits per heavy atom. The zero-order valence-corrected chi connectivity index (χ0v) is 13.8.